The van der Waals surface area contributed by atoms with Gasteiger partial charge in [-0.05, 0) is 34.9 Å². The van der Waals surface area contributed by atoms with Crippen LogP contribution in [0.4, 0.5) is 10.7 Å². The maximum absolute atomic E-state index is 11.7. The lowest BCUT2D eigenvalue weighted by Crippen LogP contribution is -2.54. The van der Waals surface area contributed by atoms with Crippen LogP contribution in [0, 0.1) is 0 Å². The van der Waals surface area contributed by atoms with Crippen molar-refractivity contribution in [2.75, 3.05) is 45.2 Å². The molecule has 0 aromatic carbocycles. The van der Waals surface area contributed by atoms with Gasteiger partial charge in [0.05, 0.1) is 0 Å². The number of amides is 1. The Morgan fingerprint density at radius 2 is 2.08 bits per heavy atom. The van der Waals surface area contributed by atoms with Gasteiger partial charge in [-0.2, -0.15) is 0 Å². The van der Waals surface area contributed by atoms with Gasteiger partial charge < -0.3 is 25.2 Å². The van der Waals surface area contributed by atoms with E-state index >= 15 is 0 Å². The van der Waals surface area contributed by atoms with Crippen LogP contribution in [0.3, 0.4) is 0 Å². The molecule has 0 unspecified atom stereocenters. The van der Waals surface area contributed by atoms with Crippen molar-refractivity contribution in [3.05, 3.63) is 18.0 Å². The number of nitrogens with one attached hydrogen (secondary N) is 2. The lowest BCUT2D eigenvalue weighted by Gasteiger charge is -2.34. The molecule has 1 amide bonds. The number of ether oxygens (including phenoxy) is 1. The molecule has 1 aromatic heterocycles. The number of hydrogen-bond acceptors (Lipinski definition) is 7. The summed E-state index contributed by atoms with van der Waals surface area (Å²) in [5.74, 6) is 0.728. The van der Waals surface area contributed by atoms with E-state index in [0.717, 1.165) is 37.7 Å². The number of likely N-dealkylation sites (N-methyl/N-ethyl adjacent to an activating group) is 1. The van der Waals surface area contributed by atoms with E-state index in [1.54, 1.807) is 12.4 Å². The second-order valence-electron chi connectivity index (χ2n) is 7.61. The first-order chi connectivity index (χ1) is 11.7. The Bertz CT molecular complexity index is 555. The fourth-order valence-electron chi connectivity index (χ4n) is 2.66. The van der Waals surface area contributed by atoms with Crippen molar-refractivity contribution in [1.82, 2.24) is 25.5 Å². The number of alkyl carbamates (subject to hydrolysis) is 1. The molecule has 1 fully saturated rings. The number of carbonyl (C=O) groups excluding carboxylic acids is 1. The highest BCUT2D eigenvalue weighted by Gasteiger charge is 2.21. The molecular formula is C17H30N6O2. The maximum atomic E-state index is 11.7. The van der Waals surface area contributed by atoms with E-state index in [-0.39, 0.29) is 0 Å². The molecule has 1 aliphatic rings. The van der Waals surface area contributed by atoms with Crippen LogP contribution in [-0.4, -0.2) is 72.9 Å². The molecule has 8 nitrogen and oxygen atoms in total. The summed E-state index contributed by atoms with van der Waals surface area (Å²) in [6.45, 7) is 9.52. The first-order valence-corrected chi connectivity index (χ1v) is 8.64. The van der Waals surface area contributed by atoms with Crippen molar-refractivity contribution in [2.24, 2.45) is 0 Å². The van der Waals surface area contributed by atoms with Crippen molar-refractivity contribution < 1.29 is 9.53 Å². The van der Waals surface area contributed by atoms with E-state index in [1.165, 1.54) is 0 Å². The van der Waals surface area contributed by atoms with Gasteiger partial charge in [0.25, 0.3) is 0 Å². The van der Waals surface area contributed by atoms with E-state index in [1.807, 2.05) is 20.8 Å². The van der Waals surface area contributed by atoms with Crippen LogP contribution in [0.5, 0.6) is 0 Å². The van der Waals surface area contributed by atoms with E-state index in [2.05, 4.69) is 44.5 Å². The molecule has 1 saturated heterocycles. The van der Waals surface area contributed by atoms with Gasteiger partial charge in [-0.25, -0.2) is 14.8 Å². The van der Waals surface area contributed by atoms with Crippen LogP contribution in [0.15, 0.2) is 12.4 Å². The molecule has 0 spiro atoms. The van der Waals surface area contributed by atoms with Gasteiger partial charge in [-0.3, -0.25) is 0 Å². The third-order valence-electron chi connectivity index (χ3n) is 3.65. The quantitative estimate of drug-likeness (QED) is 0.814. The normalized spacial score (nSPS) is 18.3. The first-order valence-electron chi connectivity index (χ1n) is 8.64. The minimum Gasteiger partial charge on any atom is -0.444 e. The average molecular weight is 350 g/mol. The summed E-state index contributed by atoms with van der Waals surface area (Å²) in [4.78, 5) is 24.9. The molecule has 25 heavy (non-hydrogen) atoms. The predicted molar refractivity (Wildman–Crippen MR) is 97.7 cm³/mol. The Morgan fingerprint density at radius 3 is 2.68 bits per heavy atom. The second kappa shape index (κ2) is 8.44. The highest BCUT2D eigenvalue weighted by Crippen LogP contribution is 2.11. The molecule has 8 heteroatoms. The Balaban J connectivity index is 1.86. The summed E-state index contributed by atoms with van der Waals surface area (Å²) in [6.07, 6.45) is 3.07. The monoisotopic (exact) mass is 350 g/mol. The zero-order chi connectivity index (χ0) is 18.4. The smallest absolute Gasteiger partial charge is 0.407 e. The summed E-state index contributed by atoms with van der Waals surface area (Å²) in [6, 6.07) is 0.404. The van der Waals surface area contributed by atoms with E-state index in [9.17, 15) is 4.79 Å². The summed E-state index contributed by atoms with van der Waals surface area (Å²) in [7, 11) is 4.15. The van der Waals surface area contributed by atoms with Crippen LogP contribution in [-0.2, 0) is 11.3 Å². The standard InChI is InChI=1S/C17H30N6O2/c1-17(2,3)25-16(24)21-10-13-8-19-15(20-9-13)23-7-6-18-14(12-23)11-22(4)5/h8-9,14,18H,6-7,10-12H2,1-5H3,(H,21,24)/t14-/m0/s1. The van der Waals surface area contributed by atoms with Crippen LogP contribution in [0.25, 0.3) is 0 Å². The molecule has 0 radical (unpaired) electrons. The lowest BCUT2D eigenvalue weighted by atomic mass is 10.2. The Labute approximate surface area is 150 Å². The zero-order valence-corrected chi connectivity index (χ0v) is 15.9. The van der Waals surface area contributed by atoms with Crippen LogP contribution in [0.1, 0.15) is 26.3 Å². The number of rotatable bonds is 5. The average Bonchev–Trinajstić information content (AvgIpc) is 2.51. The number of aromatic nitrogens is 2. The van der Waals surface area contributed by atoms with Crippen molar-refractivity contribution in [1.29, 1.82) is 0 Å². The second-order valence-corrected chi connectivity index (χ2v) is 7.61. The van der Waals surface area contributed by atoms with Gasteiger partial charge in [0.2, 0.25) is 5.95 Å². The Hall–Kier alpha value is -1.93. The molecule has 1 aliphatic heterocycles. The van der Waals surface area contributed by atoms with Gasteiger partial charge in [0.15, 0.2) is 0 Å². The van der Waals surface area contributed by atoms with Crippen LogP contribution in [0.2, 0.25) is 0 Å². The van der Waals surface area contributed by atoms with Gasteiger partial charge in [-0.1, -0.05) is 0 Å². The van der Waals surface area contributed by atoms with Gasteiger partial charge in [0, 0.05) is 56.7 Å². The van der Waals surface area contributed by atoms with E-state index in [4.69, 9.17) is 4.74 Å². The van der Waals surface area contributed by atoms with Crippen molar-refractivity contribution in [3.8, 4) is 0 Å². The fraction of sp³-hybridized carbons (Fsp3) is 0.706. The van der Waals surface area contributed by atoms with Gasteiger partial charge >= 0.3 is 6.09 Å². The van der Waals surface area contributed by atoms with Gasteiger partial charge in [0.1, 0.15) is 5.60 Å². The predicted octanol–water partition coefficient (Wildman–Crippen LogP) is 0.841. The Kier molecular flexibility index (Phi) is 6.55. The summed E-state index contributed by atoms with van der Waals surface area (Å²) in [5.41, 5.74) is 0.338. The third kappa shape index (κ3) is 6.83. The SMILES string of the molecule is CN(C)C[C@H]1CN(c2ncc(CNC(=O)OC(C)(C)C)cn2)CCN1. The maximum Gasteiger partial charge on any atom is 0.407 e. The van der Waals surface area contributed by atoms with Crippen LogP contribution >= 0.6 is 0 Å². The van der Waals surface area contributed by atoms with E-state index < -0.39 is 11.7 Å². The number of anilines is 1. The van der Waals surface area contributed by atoms with Crippen molar-refractivity contribution in [3.63, 3.8) is 0 Å². The molecule has 140 valence electrons. The fourth-order valence-corrected chi connectivity index (χ4v) is 2.66. The molecule has 0 bridgehead atoms. The number of nitrogens with zero attached hydrogens (tertiary/aromatic N) is 4. The molecule has 1 aromatic rings. The summed E-state index contributed by atoms with van der Waals surface area (Å²) >= 11 is 0. The molecular weight excluding hydrogens is 320 g/mol. The first kappa shape index (κ1) is 19.4. The van der Waals surface area contributed by atoms with Crippen molar-refractivity contribution >= 4 is 12.0 Å². The molecule has 2 heterocycles. The molecule has 0 aliphatic carbocycles. The number of hydrogen-bond donors (Lipinski definition) is 2. The summed E-state index contributed by atoms with van der Waals surface area (Å²) in [5, 5.41) is 6.23. The molecule has 0 saturated carbocycles. The molecule has 2 N–H and O–H groups in total. The third-order valence-corrected chi connectivity index (χ3v) is 3.65. The Morgan fingerprint density at radius 1 is 1.40 bits per heavy atom. The van der Waals surface area contributed by atoms with Crippen LogP contribution < -0.4 is 15.5 Å². The van der Waals surface area contributed by atoms with E-state index in [0.29, 0.717) is 12.6 Å². The van der Waals surface area contributed by atoms with Gasteiger partial charge in [-0.15, -0.1) is 0 Å². The van der Waals surface area contributed by atoms with Crippen molar-refractivity contribution in [2.45, 2.75) is 39.0 Å². The minimum atomic E-state index is -0.504. The zero-order valence-electron chi connectivity index (χ0n) is 15.9. The topological polar surface area (TPSA) is 82.6 Å². The summed E-state index contributed by atoms with van der Waals surface area (Å²) < 4.78 is 5.21. The molecule has 2 rings (SSSR count). The highest BCUT2D eigenvalue weighted by molar-refractivity contribution is 5.67. The minimum absolute atomic E-state index is 0.347. The molecule has 1 atom stereocenters. The number of carbonyl (C=O) groups is 1. The number of piperazine rings is 1. The highest BCUT2D eigenvalue weighted by atomic mass is 16.6. The largest absolute Gasteiger partial charge is 0.444 e. The lowest BCUT2D eigenvalue weighted by molar-refractivity contribution is 0.0523.